The molecule has 1 unspecified atom stereocenters. The first-order valence-corrected chi connectivity index (χ1v) is 10.6. The monoisotopic (exact) mass is 402 g/mol. The van der Waals surface area contributed by atoms with Crippen LogP contribution in [0.5, 0.6) is 5.75 Å². The first-order valence-electron chi connectivity index (χ1n) is 10.6. The molecule has 1 atom stereocenters. The number of anilines is 1. The van der Waals surface area contributed by atoms with Gasteiger partial charge in [-0.1, -0.05) is 18.2 Å². The molecule has 30 heavy (non-hydrogen) atoms. The zero-order chi connectivity index (χ0) is 20.3. The average molecular weight is 402 g/mol. The lowest BCUT2D eigenvalue weighted by molar-refractivity contribution is -0.121. The number of ether oxygens (including phenoxy) is 1. The second-order valence-corrected chi connectivity index (χ2v) is 8.11. The van der Waals surface area contributed by atoms with Crippen molar-refractivity contribution >= 4 is 11.6 Å². The number of aromatic nitrogens is 2. The highest BCUT2D eigenvalue weighted by molar-refractivity contribution is 5.93. The van der Waals surface area contributed by atoms with Gasteiger partial charge in [0.1, 0.15) is 5.75 Å². The largest absolute Gasteiger partial charge is 0.493 e. The van der Waals surface area contributed by atoms with Crippen LogP contribution in [0.25, 0.3) is 5.69 Å². The van der Waals surface area contributed by atoms with E-state index in [9.17, 15) is 4.79 Å². The molecule has 0 bridgehead atoms. The van der Waals surface area contributed by atoms with E-state index in [1.54, 1.807) is 10.9 Å². The van der Waals surface area contributed by atoms with Gasteiger partial charge in [0.25, 0.3) is 0 Å². The van der Waals surface area contributed by atoms with Crippen LogP contribution in [0.1, 0.15) is 24.0 Å². The van der Waals surface area contributed by atoms with Gasteiger partial charge in [-0.25, -0.2) is 4.68 Å². The zero-order valence-corrected chi connectivity index (χ0v) is 17.0. The number of piperidine rings is 1. The fourth-order valence-electron chi connectivity index (χ4n) is 4.40. The maximum atomic E-state index is 12.9. The Morgan fingerprint density at radius 3 is 3.07 bits per heavy atom. The molecule has 1 N–H and O–H groups in total. The van der Waals surface area contributed by atoms with Crippen molar-refractivity contribution in [3.63, 3.8) is 0 Å². The summed E-state index contributed by atoms with van der Waals surface area (Å²) >= 11 is 0. The third-order valence-corrected chi connectivity index (χ3v) is 5.92. The summed E-state index contributed by atoms with van der Waals surface area (Å²) < 4.78 is 7.40. The van der Waals surface area contributed by atoms with Crippen molar-refractivity contribution in [1.82, 2.24) is 14.7 Å². The van der Waals surface area contributed by atoms with E-state index in [0.717, 1.165) is 62.6 Å². The Morgan fingerprint density at radius 1 is 1.20 bits per heavy atom. The standard InChI is InChI=1S/C24H26N4O2/c29-24(26-21-5-1-6-22(15-21)28-12-3-10-25-28)20-4-2-11-27(17-20)16-18-7-8-23-19(14-18)9-13-30-23/h1,3,5-8,10,12,14-15,20H,2,4,9,11,13,16-17H2,(H,26,29). The Kier molecular flexibility index (Phi) is 5.24. The summed E-state index contributed by atoms with van der Waals surface area (Å²) in [6.45, 7) is 3.49. The number of rotatable bonds is 5. The number of carbonyl (C=O) groups excluding carboxylic acids is 1. The summed E-state index contributed by atoms with van der Waals surface area (Å²) in [7, 11) is 0. The second-order valence-electron chi connectivity index (χ2n) is 8.11. The minimum atomic E-state index is 0.00451. The fourth-order valence-corrected chi connectivity index (χ4v) is 4.40. The molecule has 0 aliphatic carbocycles. The van der Waals surface area contributed by atoms with Crippen molar-refractivity contribution in [2.75, 3.05) is 25.0 Å². The third kappa shape index (κ3) is 4.09. The lowest BCUT2D eigenvalue weighted by Crippen LogP contribution is -2.40. The molecule has 1 amide bonds. The van der Waals surface area contributed by atoms with Crippen LogP contribution < -0.4 is 10.1 Å². The Labute approximate surface area is 176 Å². The molecule has 2 aromatic carbocycles. The number of nitrogens with zero attached hydrogens (tertiary/aromatic N) is 3. The quantitative estimate of drug-likeness (QED) is 0.708. The van der Waals surface area contributed by atoms with Gasteiger partial charge in [-0.05, 0) is 60.8 Å². The highest BCUT2D eigenvalue weighted by Crippen LogP contribution is 2.27. The third-order valence-electron chi connectivity index (χ3n) is 5.92. The van der Waals surface area contributed by atoms with Gasteiger partial charge in [0.2, 0.25) is 5.91 Å². The molecule has 1 fully saturated rings. The lowest BCUT2D eigenvalue weighted by Gasteiger charge is -2.32. The molecule has 0 radical (unpaired) electrons. The number of benzene rings is 2. The summed E-state index contributed by atoms with van der Waals surface area (Å²) in [5, 5.41) is 7.37. The Balaban J connectivity index is 1.22. The van der Waals surface area contributed by atoms with Crippen LogP contribution in [0.2, 0.25) is 0 Å². The van der Waals surface area contributed by atoms with Crippen molar-refractivity contribution in [2.24, 2.45) is 5.92 Å². The Bertz CT molecular complexity index is 1030. The molecule has 0 spiro atoms. The molecular formula is C24H26N4O2. The maximum absolute atomic E-state index is 12.9. The van der Waals surface area contributed by atoms with Crippen molar-refractivity contribution in [3.8, 4) is 11.4 Å². The van der Waals surface area contributed by atoms with E-state index in [1.165, 1.54) is 11.1 Å². The summed E-state index contributed by atoms with van der Waals surface area (Å²) in [5.74, 6) is 1.12. The van der Waals surface area contributed by atoms with E-state index in [0.29, 0.717) is 0 Å². The SMILES string of the molecule is O=C(Nc1cccc(-n2cccn2)c1)C1CCCN(Cc2ccc3c(c2)CCO3)C1. The smallest absolute Gasteiger partial charge is 0.228 e. The number of hydrogen-bond acceptors (Lipinski definition) is 4. The van der Waals surface area contributed by atoms with Crippen LogP contribution in [0.3, 0.4) is 0 Å². The van der Waals surface area contributed by atoms with Gasteiger partial charge in [0.05, 0.1) is 18.2 Å². The van der Waals surface area contributed by atoms with Crippen molar-refractivity contribution in [2.45, 2.75) is 25.8 Å². The van der Waals surface area contributed by atoms with Gasteiger partial charge in [0.15, 0.2) is 0 Å². The van der Waals surface area contributed by atoms with Crippen LogP contribution in [0.15, 0.2) is 60.9 Å². The molecular weight excluding hydrogens is 376 g/mol. The van der Waals surface area contributed by atoms with E-state index in [1.807, 2.05) is 36.5 Å². The molecule has 2 aliphatic rings. The summed E-state index contributed by atoms with van der Waals surface area (Å²) in [4.78, 5) is 15.3. The van der Waals surface area contributed by atoms with Crippen LogP contribution in [0, 0.1) is 5.92 Å². The predicted molar refractivity (Wildman–Crippen MR) is 116 cm³/mol. The van der Waals surface area contributed by atoms with E-state index in [4.69, 9.17) is 4.74 Å². The number of likely N-dealkylation sites (tertiary alicyclic amines) is 1. The molecule has 1 aromatic heterocycles. The molecule has 154 valence electrons. The van der Waals surface area contributed by atoms with Crippen molar-refractivity contribution in [3.05, 3.63) is 72.1 Å². The number of carbonyl (C=O) groups is 1. The van der Waals surface area contributed by atoms with Crippen LogP contribution in [0.4, 0.5) is 5.69 Å². The van der Waals surface area contributed by atoms with Crippen LogP contribution in [-0.4, -0.2) is 40.3 Å². The Morgan fingerprint density at radius 2 is 2.17 bits per heavy atom. The first kappa shape index (κ1) is 18.9. The van der Waals surface area contributed by atoms with Gasteiger partial charge < -0.3 is 10.1 Å². The van der Waals surface area contributed by atoms with Gasteiger partial charge in [0, 0.05) is 37.6 Å². The molecule has 0 saturated carbocycles. The van der Waals surface area contributed by atoms with Gasteiger partial charge in [-0.15, -0.1) is 0 Å². The first-order chi connectivity index (χ1) is 14.7. The van der Waals surface area contributed by atoms with E-state index < -0.39 is 0 Å². The number of hydrogen-bond donors (Lipinski definition) is 1. The van der Waals surface area contributed by atoms with Gasteiger partial charge in [-0.3, -0.25) is 9.69 Å². The molecule has 6 heteroatoms. The topological polar surface area (TPSA) is 59.4 Å². The molecule has 5 rings (SSSR count). The second kappa shape index (κ2) is 8.32. The zero-order valence-electron chi connectivity index (χ0n) is 17.0. The predicted octanol–water partition coefficient (Wildman–Crippen LogP) is 3.66. The molecule has 3 heterocycles. The molecule has 1 saturated heterocycles. The van der Waals surface area contributed by atoms with Gasteiger partial charge >= 0.3 is 0 Å². The van der Waals surface area contributed by atoms with Crippen molar-refractivity contribution in [1.29, 1.82) is 0 Å². The lowest BCUT2D eigenvalue weighted by atomic mass is 9.96. The normalized spacial score (nSPS) is 18.6. The van der Waals surface area contributed by atoms with Crippen molar-refractivity contribution < 1.29 is 9.53 Å². The van der Waals surface area contributed by atoms with E-state index in [2.05, 4.69) is 33.5 Å². The average Bonchev–Trinajstić information content (AvgIpc) is 3.46. The summed E-state index contributed by atoms with van der Waals surface area (Å²) in [6.07, 6.45) is 6.60. The van der Waals surface area contributed by atoms with E-state index in [-0.39, 0.29) is 11.8 Å². The van der Waals surface area contributed by atoms with Gasteiger partial charge in [-0.2, -0.15) is 5.10 Å². The fraction of sp³-hybridized carbons (Fsp3) is 0.333. The molecule has 6 nitrogen and oxygen atoms in total. The minimum absolute atomic E-state index is 0.00451. The Hall–Kier alpha value is -3.12. The maximum Gasteiger partial charge on any atom is 0.228 e. The number of nitrogens with one attached hydrogen (secondary N) is 1. The van der Waals surface area contributed by atoms with Crippen LogP contribution >= 0.6 is 0 Å². The summed E-state index contributed by atoms with van der Waals surface area (Å²) in [5.41, 5.74) is 4.34. The van der Waals surface area contributed by atoms with Crippen LogP contribution in [-0.2, 0) is 17.8 Å². The van der Waals surface area contributed by atoms with E-state index >= 15 is 0 Å². The summed E-state index contributed by atoms with van der Waals surface area (Å²) in [6, 6.07) is 16.2. The highest BCUT2D eigenvalue weighted by atomic mass is 16.5. The molecule has 3 aromatic rings. The molecule has 2 aliphatic heterocycles. The highest BCUT2D eigenvalue weighted by Gasteiger charge is 2.26. The number of fused-ring (bicyclic) bond motifs is 1. The number of amides is 1. The minimum Gasteiger partial charge on any atom is -0.493 e.